The molecule has 0 amide bonds. The Morgan fingerprint density at radius 2 is 2.00 bits per heavy atom. The molecule has 1 atom stereocenters. The first-order chi connectivity index (χ1) is 11.3. The highest BCUT2D eigenvalue weighted by Gasteiger charge is 2.35. The standard InChI is InChI=1S/C22H37NO/c1-8-11-12-20(17(4)5)18-13-14-21(22(6,7)10-3)23(15-18)19(9-2)16-24/h9,11-12,15,21,24H,8,10,13-14,16H2,1-7H3/b12-11-,19-9-. The van der Waals surface area contributed by atoms with Crippen LogP contribution in [0.3, 0.4) is 0 Å². The summed E-state index contributed by atoms with van der Waals surface area (Å²) >= 11 is 0. The van der Waals surface area contributed by atoms with Crippen LogP contribution in [0.5, 0.6) is 0 Å². The smallest absolute Gasteiger partial charge is 0.0829 e. The lowest BCUT2D eigenvalue weighted by molar-refractivity contribution is 0.121. The van der Waals surface area contributed by atoms with Gasteiger partial charge in [-0.05, 0) is 63.0 Å². The Labute approximate surface area is 149 Å². The van der Waals surface area contributed by atoms with Crippen LogP contribution in [0.4, 0.5) is 0 Å². The second kappa shape index (κ2) is 9.27. The van der Waals surface area contributed by atoms with Gasteiger partial charge in [0.15, 0.2) is 0 Å². The van der Waals surface area contributed by atoms with Crippen molar-refractivity contribution in [3.05, 3.63) is 46.8 Å². The van der Waals surface area contributed by atoms with E-state index in [-0.39, 0.29) is 12.0 Å². The van der Waals surface area contributed by atoms with Gasteiger partial charge in [0, 0.05) is 17.9 Å². The second-order valence-corrected chi connectivity index (χ2v) is 7.62. The van der Waals surface area contributed by atoms with Crippen molar-refractivity contribution in [1.82, 2.24) is 4.90 Å². The molecule has 2 heteroatoms. The minimum atomic E-state index is 0.0888. The molecule has 0 saturated carbocycles. The average Bonchev–Trinajstić information content (AvgIpc) is 2.56. The second-order valence-electron chi connectivity index (χ2n) is 7.62. The number of hydrogen-bond acceptors (Lipinski definition) is 2. The first-order valence-corrected chi connectivity index (χ1v) is 9.41. The van der Waals surface area contributed by atoms with E-state index in [1.165, 1.54) is 16.7 Å². The van der Waals surface area contributed by atoms with E-state index in [0.717, 1.165) is 31.4 Å². The Morgan fingerprint density at radius 3 is 2.46 bits per heavy atom. The predicted molar refractivity (Wildman–Crippen MR) is 106 cm³/mol. The van der Waals surface area contributed by atoms with E-state index in [2.05, 4.69) is 64.8 Å². The lowest BCUT2D eigenvalue weighted by atomic mass is 9.76. The molecule has 0 spiro atoms. The van der Waals surface area contributed by atoms with Crippen molar-refractivity contribution in [2.45, 2.75) is 80.2 Å². The van der Waals surface area contributed by atoms with Gasteiger partial charge in [-0.15, -0.1) is 0 Å². The maximum absolute atomic E-state index is 9.84. The van der Waals surface area contributed by atoms with Gasteiger partial charge in [-0.2, -0.15) is 0 Å². The zero-order chi connectivity index (χ0) is 18.3. The number of allylic oxidation sites excluding steroid dienone is 6. The van der Waals surface area contributed by atoms with Gasteiger partial charge in [0.25, 0.3) is 0 Å². The number of hydrogen-bond donors (Lipinski definition) is 1. The van der Waals surface area contributed by atoms with Gasteiger partial charge < -0.3 is 10.0 Å². The van der Waals surface area contributed by atoms with Crippen LogP contribution in [0.15, 0.2) is 46.8 Å². The Balaban J connectivity index is 3.35. The molecule has 0 aliphatic carbocycles. The first kappa shape index (κ1) is 20.8. The van der Waals surface area contributed by atoms with Crippen molar-refractivity contribution in [1.29, 1.82) is 0 Å². The molecule has 1 heterocycles. The summed E-state index contributed by atoms with van der Waals surface area (Å²) in [5.74, 6) is 0. The lowest BCUT2D eigenvalue weighted by Gasteiger charge is -2.45. The van der Waals surface area contributed by atoms with Gasteiger partial charge in [0.05, 0.1) is 6.61 Å². The van der Waals surface area contributed by atoms with Gasteiger partial charge >= 0.3 is 0 Å². The molecule has 1 aliphatic heterocycles. The highest BCUT2D eigenvalue weighted by atomic mass is 16.3. The SMILES string of the molecule is C/C=C(/CO)N1C=C(C(/C=C\CC)=C(C)C)CCC1C(C)(C)CC. The zero-order valence-corrected chi connectivity index (χ0v) is 16.8. The Kier molecular flexibility index (Phi) is 8.02. The number of nitrogens with zero attached hydrogens (tertiary/aromatic N) is 1. The molecule has 24 heavy (non-hydrogen) atoms. The van der Waals surface area contributed by atoms with Crippen LogP contribution in [-0.4, -0.2) is 22.7 Å². The summed E-state index contributed by atoms with van der Waals surface area (Å²) in [6.45, 7) is 15.6. The largest absolute Gasteiger partial charge is 0.390 e. The van der Waals surface area contributed by atoms with E-state index in [0.29, 0.717) is 6.04 Å². The van der Waals surface area contributed by atoms with Gasteiger partial charge in [-0.1, -0.05) is 51.5 Å². The third-order valence-electron chi connectivity index (χ3n) is 5.36. The van der Waals surface area contributed by atoms with E-state index < -0.39 is 0 Å². The highest BCUT2D eigenvalue weighted by Crippen LogP contribution is 2.39. The molecular formula is C22H37NO. The van der Waals surface area contributed by atoms with Crippen molar-refractivity contribution >= 4 is 0 Å². The summed E-state index contributed by atoms with van der Waals surface area (Å²) in [4.78, 5) is 2.34. The topological polar surface area (TPSA) is 23.5 Å². The van der Waals surface area contributed by atoms with Crippen LogP contribution >= 0.6 is 0 Å². The normalized spacial score (nSPS) is 19.7. The van der Waals surface area contributed by atoms with E-state index in [1.807, 2.05) is 13.0 Å². The van der Waals surface area contributed by atoms with Crippen LogP contribution in [-0.2, 0) is 0 Å². The van der Waals surface area contributed by atoms with E-state index in [4.69, 9.17) is 0 Å². The molecule has 0 aromatic heterocycles. The molecule has 0 aromatic rings. The van der Waals surface area contributed by atoms with E-state index >= 15 is 0 Å². The zero-order valence-electron chi connectivity index (χ0n) is 16.8. The summed E-state index contributed by atoms with van der Waals surface area (Å²) in [6, 6.07) is 0.429. The first-order valence-electron chi connectivity index (χ1n) is 9.41. The van der Waals surface area contributed by atoms with Crippen LogP contribution in [0, 0.1) is 5.41 Å². The molecule has 0 saturated heterocycles. The van der Waals surface area contributed by atoms with Crippen molar-refractivity contribution in [2.24, 2.45) is 5.41 Å². The molecule has 0 bridgehead atoms. The fourth-order valence-electron chi connectivity index (χ4n) is 3.40. The van der Waals surface area contributed by atoms with Crippen LogP contribution in [0.1, 0.15) is 74.1 Å². The minimum absolute atomic E-state index is 0.0888. The molecule has 1 N–H and O–H groups in total. The summed E-state index contributed by atoms with van der Waals surface area (Å²) < 4.78 is 0. The Hall–Kier alpha value is -1.28. The predicted octanol–water partition coefficient (Wildman–Crippen LogP) is 5.97. The van der Waals surface area contributed by atoms with Crippen molar-refractivity contribution in [2.75, 3.05) is 6.61 Å². The Bertz CT molecular complexity index is 530. The monoisotopic (exact) mass is 331 g/mol. The average molecular weight is 332 g/mol. The van der Waals surface area contributed by atoms with Gasteiger partial charge in [-0.3, -0.25) is 0 Å². The van der Waals surface area contributed by atoms with Crippen LogP contribution in [0.25, 0.3) is 0 Å². The lowest BCUT2D eigenvalue weighted by Crippen LogP contribution is -2.44. The molecule has 1 unspecified atom stereocenters. The molecule has 2 nitrogen and oxygen atoms in total. The maximum atomic E-state index is 9.84. The highest BCUT2D eigenvalue weighted by molar-refractivity contribution is 5.44. The summed E-state index contributed by atoms with van der Waals surface area (Å²) in [5.41, 5.74) is 5.31. The maximum Gasteiger partial charge on any atom is 0.0829 e. The summed E-state index contributed by atoms with van der Waals surface area (Å²) in [5, 5.41) is 9.84. The summed E-state index contributed by atoms with van der Waals surface area (Å²) in [6.07, 6.45) is 13.2. The van der Waals surface area contributed by atoms with Crippen LogP contribution < -0.4 is 0 Å². The third-order valence-corrected chi connectivity index (χ3v) is 5.36. The molecule has 0 fully saturated rings. The fourth-order valence-corrected chi connectivity index (χ4v) is 3.40. The molecule has 1 rings (SSSR count). The number of aliphatic hydroxyl groups excluding tert-OH is 1. The number of aliphatic hydroxyl groups is 1. The third kappa shape index (κ3) is 4.86. The molecule has 0 aromatic carbocycles. The Morgan fingerprint density at radius 1 is 1.33 bits per heavy atom. The molecular weight excluding hydrogens is 294 g/mol. The molecule has 136 valence electrons. The van der Waals surface area contributed by atoms with E-state index in [9.17, 15) is 5.11 Å². The molecule has 0 radical (unpaired) electrons. The van der Waals surface area contributed by atoms with Gasteiger partial charge in [0.2, 0.25) is 0 Å². The van der Waals surface area contributed by atoms with Crippen molar-refractivity contribution in [3.63, 3.8) is 0 Å². The van der Waals surface area contributed by atoms with Gasteiger partial charge in [-0.25, -0.2) is 0 Å². The fraction of sp³-hybridized carbons (Fsp3) is 0.636. The summed E-state index contributed by atoms with van der Waals surface area (Å²) in [7, 11) is 0. The van der Waals surface area contributed by atoms with E-state index in [1.54, 1.807) is 0 Å². The van der Waals surface area contributed by atoms with Crippen molar-refractivity contribution in [3.8, 4) is 0 Å². The van der Waals surface area contributed by atoms with Crippen molar-refractivity contribution < 1.29 is 5.11 Å². The van der Waals surface area contributed by atoms with Crippen LogP contribution in [0.2, 0.25) is 0 Å². The van der Waals surface area contributed by atoms with Gasteiger partial charge in [0.1, 0.15) is 0 Å². The number of rotatable bonds is 7. The molecule has 1 aliphatic rings. The minimum Gasteiger partial charge on any atom is -0.390 e. The quantitative estimate of drug-likeness (QED) is 0.581.